The molecule has 1 rings (SSSR count). The highest BCUT2D eigenvalue weighted by atomic mass is 127. The molecule has 0 radical (unpaired) electrons. The molecule has 0 unspecified atom stereocenters. The molecule has 1 aromatic rings. The van der Waals surface area contributed by atoms with E-state index >= 15 is 0 Å². The Morgan fingerprint density at radius 1 is 1.12 bits per heavy atom. The number of hydrogen-bond acceptors (Lipinski definition) is 3. The van der Waals surface area contributed by atoms with Crippen molar-refractivity contribution in [3.8, 4) is 0 Å². The lowest BCUT2D eigenvalue weighted by molar-refractivity contribution is 0.0698. The van der Waals surface area contributed by atoms with Crippen molar-refractivity contribution in [1.29, 1.82) is 0 Å². The van der Waals surface area contributed by atoms with Crippen molar-refractivity contribution in [1.82, 2.24) is 10.6 Å². The molecule has 26 heavy (non-hydrogen) atoms. The van der Waals surface area contributed by atoms with E-state index in [-0.39, 0.29) is 29.4 Å². The van der Waals surface area contributed by atoms with Gasteiger partial charge >= 0.3 is 0 Å². The zero-order valence-corrected chi connectivity index (χ0v) is 19.4. The van der Waals surface area contributed by atoms with Crippen LogP contribution in [0.5, 0.6) is 0 Å². The molecule has 0 aliphatic rings. The van der Waals surface area contributed by atoms with E-state index < -0.39 is 0 Å². The van der Waals surface area contributed by atoms with Crippen molar-refractivity contribution < 1.29 is 9.47 Å². The number of nitrogens with one attached hydrogen (secondary N) is 2. The van der Waals surface area contributed by atoms with Crippen LogP contribution in [0.15, 0.2) is 29.3 Å². The van der Waals surface area contributed by atoms with Crippen molar-refractivity contribution >= 4 is 41.5 Å². The molecule has 0 fully saturated rings. The average molecular weight is 498 g/mol. The van der Waals surface area contributed by atoms with E-state index in [0.29, 0.717) is 26.4 Å². The second-order valence-corrected chi connectivity index (χ2v) is 6.91. The molecule has 1 aromatic carbocycles. The monoisotopic (exact) mass is 497 g/mol. The van der Waals surface area contributed by atoms with Gasteiger partial charge < -0.3 is 20.1 Å². The number of guanidine groups is 1. The Morgan fingerprint density at radius 2 is 1.81 bits per heavy atom. The maximum absolute atomic E-state index is 5.98. The molecule has 2 N–H and O–H groups in total. The minimum Gasteiger partial charge on any atom is -0.382 e. The van der Waals surface area contributed by atoms with Crippen molar-refractivity contribution in [3.63, 3.8) is 0 Å². The lowest BCUT2D eigenvalue weighted by atomic mass is 9.85. The van der Waals surface area contributed by atoms with Gasteiger partial charge in [-0.25, -0.2) is 0 Å². The quantitative estimate of drug-likeness (QED) is 0.211. The normalized spacial score (nSPS) is 11.8. The number of aliphatic imine (C=N–C) groups is 1. The average Bonchev–Trinajstić information content (AvgIpc) is 2.59. The topological polar surface area (TPSA) is 54.9 Å². The third kappa shape index (κ3) is 10.5. The molecule has 0 saturated carbocycles. The molecular formula is C19H33ClIN3O2. The fourth-order valence-corrected chi connectivity index (χ4v) is 2.36. The zero-order chi connectivity index (χ0) is 18.5. The van der Waals surface area contributed by atoms with Gasteiger partial charge in [0.15, 0.2) is 5.96 Å². The number of rotatable bonds is 11. The van der Waals surface area contributed by atoms with Crippen molar-refractivity contribution in [2.75, 3.05) is 46.6 Å². The molecular weight excluding hydrogens is 465 g/mol. The summed E-state index contributed by atoms with van der Waals surface area (Å²) in [7, 11) is 1.68. The van der Waals surface area contributed by atoms with Gasteiger partial charge in [0.2, 0.25) is 0 Å². The lowest BCUT2D eigenvalue weighted by Gasteiger charge is -2.24. The van der Waals surface area contributed by atoms with Crippen LogP contribution in [0.3, 0.4) is 0 Å². The summed E-state index contributed by atoms with van der Waals surface area (Å²) in [6, 6.07) is 7.98. The Balaban J connectivity index is 0.00000625. The van der Waals surface area contributed by atoms with E-state index in [9.17, 15) is 0 Å². The second kappa shape index (κ2) is 14.5. The van der Waals surface area contributed by atoms with Gasteiger partial charge in [0.25, 0.3) is 0 Å². The van der Waals surface area contributed by atoms with Crippen LogP contribution in [0, 0.1) is 0 Å². The number of hydrogen-bond donors (Lipinski definition) is 2. The Bertz CT molecular complexity index is 510. The number of halogens is 2. The number of methoxy groups -OCH3 is 1. The van der Waals surface area contributed by atoms with Crippen molar-refractivity contribution in [2.45, 2.75) is 32.6 Å². The first-order valence-electron chi connectivity index (χ1n) is 8.84. The molecule has 0 aliphatic carbocycles. The smallest absolute Gasteiger partial charge is 0.191 e. The molecule has 7 heteroatoms. The van der Waals surface area contributed by atoms with Gasteiger partial charge in [-0.15, -0.1) is 24.0 Å². The van der Waals surface area contributed by atoms with Crippen LogP contribution in [0.25, 0.3) is 0 Å². The largest absolute Gasteiger partial charge is 0.382 e. The molecule has 0 bridgehead atoms. The van der Waals surface area contributed by atoms with Crippen LogP contribution in [0.1, 0.15) is 32.8 Å². The molecule has 0 saturated heterocycles. The maximum atomic E-state index is 5.98. The number of nitrogens with zero attached hydrogens (tertiary/aromatic N) is 1. The summed E-state index contributed by atoms with van der Waals surface area (Å²) in [4.78, 5) is 4.73. The third-order valence-corrected chi connectivity index (χ3v) is 4.04. The van der Waals surface area contributed by atoms with Crippen molar-refractivity contribution in [2.24, 2.45) is 4.99 Å². The van der Waals surface area contributed by atoms with Gasteiger partial charge in [-0.2, -0.15) is 0 Å². The predicted octanol–water partition coefficient (Wildman–Crippen LogP) is 3.84. The molecule has 0 heterocycles. The highest BCUT2D eigenvalue weighted by molar-refractivity contribution is 14.0. The van der Waals surface area contributed by atoms with Gasteiger partial charge in [0.1, 0.15) is 0 Å². The predicted molar refractivity (Wildman–Crippen MR) is 121 cm³/mol. The standard InChI is InChI=1S/C19H32ClN3O2.HI/c1-5-21-18(22-11-6-12-25-14-13-24-4)23-15-19(2,3)16-7-9-17(20)10-8-16;/h7-10H,5-6,11-15H2,1-4H3,(H2,21,22,23);1H. The minimum absolute atomic E-state index is 0. The fraction of sp³-hybridized carbons (Fsp3) is 0.632. The van der Waals surface area contributed by atoms with Crippen LogP contribution in [-0.4, -0.2) is 52.5 Å². The van der Waals surface area contributed by atoms with Gasteiger partial charge in [0, 0.05) is 37.2 Å². The summed E-state index contributed by atoms with van der Waals surface area (Å²) >= 11 is 5.98. The first-order chi connectivity index (χ1) is 12.0. The highest BCUT2D eigenvalue weighted by Crippen LogP contribution is 2.24. The van der Waals surface area contributed by atoms with Gasteiger partial charge in [-0.1, -0.05) is 37.6 Å². The van der Waals surface area contributed by atoms with E-state index in [1.165, 1.54) is 5.56 Å². The Hall–Kier alpha value is -0.570. The van der Waals surface area contributed by atoms with Crippen LogP contribution in [0.2, 0.25) is 5.02 Å². The molecule has 0 aromatic heterocycles. The van der Waals surface area contributed by atoms with E-state index in [2.05, 4.69) is 43.5 Å². The number of benzene rings is 1. The third-order valence-electron chi connectivity index (χ3n) is 3.79. The van der Waals surface area contributed by atoms with Crippen LogP contribution < -0.4 is 10.6 Å². The minimum atomic E-state index is -0.0593. The van der Waals surface area contributed by atoms with E-state index in [4.69, 9.17) is 26.1 Å². The van der Waals surface area contributed by atoms with E-state index in [1.807, 2.05) is 12.1 Å². The zero-order valence-electron chi connectivity index (χ0n) is 16.3. The first-order valence-corrected chi connectivity index (χ1v) is 9.22. The van der Waals surface area contributed by atoms with Gasteiger partial charge in [0.05, 0.1) is 19.8 Å². The molecule has 150 valence electrons. The van der Waals surface area contributed by atoms with Crippen LogP contribution >= 0.6 is 35.6 Å². The summed E-state index contributed by atoms with van der Waals surface area (Å²) in [6.45, 7) is 10.8. The molecule has 5 nitrogen and oxygen atoms in total. The molecule has 0 spiro atoms. The van der Waals surface area contributed by atoms with Gasteiger partial charge in [-0.05, 0) is 31.0 Å². The first kappa shape index (κ1) is 25.4. The summed E-state index contributed by atoms with van der Waals surface area (Å²) in [6.07, 6.45) is 0.925. The molecule has 0 atom stereocenters. The Morgan fingerprint density at radius 3 is 2.42 bits per heavy atom. The highest BCUT2D eigenvalue weighted by Gasteiger charge is 2.20. The summed E-state index contributed by atoms with van der Waals surface area (Å²) in [5.74, 6) is 0.835. The summed E-state index contributed by atoms with van der Waals surface area (Å²) in [5.41, 5.74) is 1.17. The van der Waals surface area contributed by atoms with E-state index in [1.54, 1.807) is 7.11 Å². The SMILES string of the molecule is CCNC(=NCC(C)(C)c1ccc(Cl)cc1)NCCCOCCOC.I. The van der Waals surface area contributed by atoms with Crippen LogP contribution in [0.4, 0.5) is 0 Å². The van der Waals surface area contributed by atoms with Crippen LogP contribution in [-0.2, 0) is 14.9 Å². The van der Waals surface area contributed by atoms with E-state index in [0.717, 1.165) is 30.5 Å². The summed E-state index contributed by atoms with van der Waals surface area (Å²) in [5, 5.41) is 7.39. The lowest BCUT2D eigenvalue weighted by Crippen LogP contribution is -2.39. The second-order valence-electron chi connectivity index (χ2n) is 6.47. The van der Waals surface area contributed by atoms with Gasteiger partial charge in [-0.3, -0.25) is 4.99 Å². The number of ether oxygens (including phenoxy) is 2. The summed E-state index contributed by atoms with van der Waals surface area (Å²) < 4.78 is 10.4. The fourth-order valence-electron chi connectivity index (χ4n) is 2.24. The molecule has 0 amide bonds. The maximum Gasteiger partial charge on any atom is 0.191 e. The Labute approximate surface area is 180 Å². The molecule has 0 aliphatic heterocycles. The van der Waals surface area contributed by atoms with Crippen molar-refractivity contribution in [3.05, 3.63) is 34.9 Å². The Kier molecular flexibility index (Phi) is 14.2.